The first-order valence-corrected chi connectivity index (χ1v) is 3.39. The highest BCUT2D eigenvalue weighted by molar-refractivity contribution is 5.82. The van der Waals surface area contributed by atoms with Crippen molar-refractivity contribution in [2.24, 2.45) is 0 Å². The van der Waals surface area contributed by atoms with Crippen molar-refractivity contribution in [1.82, 2.24) is 0 Å². The molecule has 62 valence electrons. The lowest BCUT2D eigenvalue weighted by atomic mass is 10.2. The summed E-state index contributed by atoms with van der Waals surface area (Å²) in [7, 11) is 1.33. The summed E-state index contributed by atoms with van der Waals surface area (Å²) >= 11 is 0. The van der Waals surface area contributed by atoms with Gasteiger partial charge in [-0.05, 0) is 13.3 Å². The van der Waals surface area contributed by atoms with Crippen molar-refractivity contribution in [3.8, 4) is 0 Å². The zero-order chi connectivity index (χ0) is 8.69. The predicted molar refractivity (Wildman–Crippen MR) is 41.1 cm³/mol. The first-order chi connectivity index (χ1) is 5.20. The lowest BCUT2D eigenvalue weighted by molar-refractivity contribution is -0.134. The first-order valence-electron chi connectivity index (χ1n) is 3.39. The Bertz CT molecular complexity index is 170. The Kier molecular flexibility index (Phi) is 5.07. The monoisotopic (exact) mass is 156 g/mol. The fourth-order valence-corrected chi connectivity index (χ4v) is 0.619. The number of rotatable bonds is 4. The summed E-state index contributed by atoms with van der Waals surface area (Å²) in [6.07, 6.45) is 3.30. The zero-order valence-corrected chi connectivity index (χ0v) is 6.79. The van der Waals surface area contributed by atoms with Gasteiger partial charge in [0.25, 0.3) is 0 Å². The fourth-order valence-electron chi connectivity index (χ4n) is 0.619. The molecule has 0 aromatic heterocycles. The maximum absolute atomic E-state index is 10.6. The molecule has 0 aliphatic heterocycles. The number of hydrogen-bond acceptors (Lipinski definition) is 3. The van der Waals surface area contributed by atoms with Crippen LogP contribution in [0.25, 0.3) is 0 Å². The number of hydrogen-bond donors (Lipinski definition) is 0. The van der Waals surface area contributed by atoms with Crippen LogP contribution in [-0.2, 0) is 14.3 Å². The SMILES string of the molecule is COC(=O)/C=C(/C)CCC=O. The molecule has 0 saturated heterocycles. The van der Waals surface area contributed by atoms with Crippen molar-refractivity contribution in [1.29, 1.82) is 0 Å². The molecule has 0 aromatic rings. The molecular formula is C8H12O3. The molecule has 0 aromatic carbocycles. The van der Waals surface area contributed by atoms with Crippen LogP contribution in [-0.4, -0.2) is 19.4 Å². The number of ether oxygens (including phenoxy) is 1. The van der Waals surface area contributed by atoms with Crippen molar-refractivity contribution in [2.45, 2.75) is 19.8 Å². The topological polar surface area (TPSA) is 43.4 Å². The highest BCUT2D eigenvalue weighted by Crippen LogP contribution is 2.01. The third-order valence-corrected chi connectivity index (χ3v) is 1.22. The summed E-state index contributed by atoms with van der Waals surface area (Å²) < 4.78 is 4.40. The highest BCUT2D eigenvalue weighted by Gasteiger charge is 1.95. The summed E-state index contributed by atoms with van der Waals surface area (Å²) in [5.74, 6) is -0.367. The normalized spacial score (nSPS) is 10.9. The Labute approximate surface area is 66.0 Å². The molecule has 0 aliphatic carbocycles. The quantitative estimate of drug-likeness (QED) is 0.347. The van der Waals surface area contributed by atoms with Crippen LogP contribution in [0.4, 0.5) is 0 Å². The van der Waals surface area contributed by atoms with Gasteiger partial charge in [-0.2, -0.15) is 0 Å². The maximum Gasteiger partial charge on any atom is 0.330 e. The third-order valence-electron chi connectivity index (χ3n) is 1.22. The van der Waals surface area contributed by atoms with E-state index in [2.05, 4.69) is 4.74 Å². The van der Waals surface area contributed by atoms with Gasteiger partial charge in [0.15, 0.2) is 0 Å². The molecule has 0 heterocycles. The molecule has 3 heteroatoms. The first kappa shape index (κ1) is 9.88. The third kappa shape index (κ3) is 5.33. The van der Waals surface area contributed by atoms with Gasteiger partial charge in [0.05, 0.1) is 7.11 Å². The van der Waals surface area contributed by atoms with E-state index in [4.69, 9.17) is 0 Å². The molecular weight excluding hydrogens is 144 g/mol. The Balaban J connectivity index is 3.79. The van der Waals surface area contributed by atoms with Crippen LogP contribution >= 0.6 is 0 Å². The smallest absolute Gasteiger partial charge is 0.330 e. The Morgan fingerprint density at radius 2 is 2.18 bits per heavy atom. The molecule has 0 unspecified atom stereocenters. The standard InChI is InChI=1S/C8H12O3/c1-7(4-3-5-9)6-8(10)11-2/h5-6H,3-4H2,1-2H3/b7-6-. The Hall–Kier alpha value is -1.12. The van der Waals surface area contributed by atoms with Gasteiger partial charge in [0, 0.05) is 12.5 Å². The van der Waals surface area contributed by atoms with Gasteiger partial charge in [-0.15, -0.1) is 0 Å². The van der Waals surface area contributed by atoms with Gasteiger partial charge in [-0.25, -0.2) is 4.79 Å². The van der Waals surface area contributed by atoms with Gasteiger partial charge in [0.2, 0.25) is 0 Å². The Morgan fingerprint density at radius 1 is 1.55 bits per heavy atom. The fraction of sp³-hybridized carbons (Fsp3) is 0.500. The van der Waals surface area contributed by atoms with E-state index in [9.17, 15) is 9.59 Å². The molecule has 0 saturated carbocycles. The molecule has 0 amide bonds. The van der Waals surface area contributed by atoms with Crippen LogP contribution in [0.1, 0.15) is 19.8 Å². The lowest BCUT2D eigenvalue weighted by Crippen LogP contribution is -1.95. The van der Waals surface area contributed by atoms with Crippen LogP contribution in [0.5, 0.6) is 0 Å². The molecule has 0 rings (SSSR count). The summed E-state index contributed by atoms with van der Waals surface area (Å²) in [5.41, 5.74) is 0.865. The summed E-state index contributed by atoms with van der Waals surface area (Å²) in [6, 6.07) is 0. The van der Waals surface area contributed by atoms with Crippen molar-refractivity contribution >= 4 is 12.3 Å². The molecule has 0 bridgehead atoms. The number of aldehydes is 1. The minimum Gasteiger partial charge on any atom is -0.466 e. The van der Waals surface area contributed by atoms with Crippen molar-refractivity contribution in [3.63, 3.8) is 0 Å². The lowest BCUT2D eigenvalue weighted by Gasteiger charge is -1.95. The van der Waals surface area contributed by atoms with Gasteiger partial charge >= 0.3 is 5.97 Å². The number of carbonyl (C=O) groups is 2. The second kappa shape index (κ2) is 5.65. The molecule has 0 fully saturated rings. The van der Waals surface area contributed by atoms with Gasteiger partial charge in [-0.1, -0.05) is 5.57 Å². The molecule has 11 heavy (non-hydrogen) atoms. The number of methoxy groups -OCH3 is 1. The van der Waals surface area contributed by atoms with Gasteiger partial charge in [0.1, 0.15) is 6.29 Å². The molecule has 0 radical (unpaired) electrons. The van der Waals surface area contributed by atoms with Gasteiger partial charge < -0.3 is 9.53 Å². The van der Waals surface area contributed by atoms with Crippen molar-refractivity contribution in [2.75, 3.05) is 7.11 Å². The second-order valence-corrected chi connectivity index (χ2v) is 2.22. The van der Waals surface area contributed by atoms with E-state index >= 15 is 0 Å². The van der Waals surface area contributed by atoms with E-state index < -0.39 is 0 Å². The van der Waals surface area contributed by atoms with Crippen LogP contribution < -0.4 is 0 Å². The van der Waals surface area contributed by atoms with E-state index in [1.807, 2.05) is 0 Å². The maximum atomic E-state index is 10.6. The van der Waals surface area contributed by atoms with Crippen LogP contribution in [0.15, 0.2) is 11.6 Å². The number of allylic oxidation sites excluding steroid dienone is 1. The molecule has 0 atom stereocenters. The summed E-state index contributed by atoms with van der Waals surface area (Å²) in [4.78, 5) is 20.5. The van der Waals surface area contributed by atoms with E-state index in [0.29, 0.717) is 12.8 Å². The number of esters is 1. The van der Waals surface area contributed by atoms with Crippen LogP contribution in [0.2, 0.25) is 0 Å². The number of carbonyl (C=O) groups excluding carboxylic acids is 2. The largest absolute Gasteiger partial charge is 0.466 e. The molecule has 3 nitrogen and oxygen atoms in total. The van der Waals surface area contributed by atoms with E-state index in [-0.39, 0.29) is 5.97 Å². The minimum atomic E-state index is -0.367. The average Bonchev–Trinajstić information content (AvgIpc) is 2.00. The minimum absolute atomic E-state index is 0.367. The summed E-state index contributed by atoms with van der Waals surface area (Å²) in [5, 5.41) is 0. The highest BCUT2D eigenvalue weighted by atomic mass is 16.5. The van der Waals surface area contributed by atoms with Crippen molar-refractivity contribution in [3.05, 3.63) is 11.6 Å². The Morgan fingerprint density at radius 3 is 2.64 bits per heavy atom. The molecule has 0 N–H and O–H groups in total. The second-order valence-electron chi connectivity index (χ2n) is 2.22. The van der Waals surface area contributed by atoms with Crippen molar-refractivity contribution < 1.29 is 14.3 Å². The predicted octanol–water partition coefficient (Wildman–Crippen LogP) is 1.08. The zero-order valence-electron chi connectivity index (χ0n) is 6.79. The summed E-state index contributed by atoms with van der Waals surface area (Å²) in [6.45, 7) is 1.79. The van der Waals surface area contributed by atoms with E-state index in [1.165, 1.54) is 13.2 Å². The van der Waals surface area contributed by atoms with E-state index in [1.54, 1.807) is 6.92 Å². The van der Waals surface area contributed by atoms with Gasteiger partial charge in [-0.3, -0.25) is 0 Å². The molecule has 0 spiro atoms. The van der Waals surface area contributed by atoms with E-state index in [0.717, 1.165) is 11.9 Å². The molecule has 0 aliphatic rings. The van der Waals surface area contributed by atoms with Crippen LogP contribution in [0.3, 0.4) is 0 Å². The average molecular weight is 156 g/mol. The van der Waals surface area contributed by atoms with Crippen LogP contribution in [0, 0.1) is 0 Å².